The number of aryl methyl sites for hydroxylation is 1. The molecular weight excluding hydrogens is 184 g/mol. The molecule has 2 N–H and O–H groups in total. The van der Waals surface area contributed by atoms with Gasteiger partial charge in [-0.25, -0.2) is 0 Å². The van der Waals surface area contributed by atoms with Crippen molar-refractivity contribution < 1.29 is 4.42 Å². The van der Waals surface area contributed by atoms with E-state index >= 15 is 0 Å². The van der Waals surface area contributed by atoms with Crippen LogP contribution in [0.3, 0.4) is 0 Å². The molecule has 0 amide bonds. The maximum Gasteiger partial charge on any atom is 0.292 e. The van der Waals surface area contributed by atoms with E-state index in [0.717, 1.165) is 11.5 Å². The largest absolute Gasteiger partial charge is 0.429 e. The van der Waals surface area contributed by atoms with Gasteiger partial charge in [-0.05, 0) is 25.5 Å². The van der Waals surface area contributed by atoms with Crippen LogP contribution in [0.4, 0.5) is 6.01 Å². The molecule has 1 aromatic heterocycles. The van der Waals surface area contributed by atoms with Crippen molar-refractivity contribution in [3.8, 4) is 0 Å². The minimum Gasteiger partial charge on any atom is -0.429 e. The summed E-state index contributed by atoms with van der Waals surface area (Å²) in [6.45, 7) is 1.94. The fourth-order valence-electron chi connectivity index (χ4n) is 1.68. The first-order chi connectivity index (χ1) is 6.27. The number of hydrogen-bond donors (Lipinski definition) is 1. The van der Waals surface area contributed by atoms with Crippen molar-refractivity contribution >= 4 is 17.8 Å². The average Bonchev–Trinajstić information content (AvgIpc) is 2.47. The summed E-state index contributed by atoms with van der Waals surface area (Å²) in [5.74, 6) is 2.12. The number of hydrogen-bond acceptors (Lipinski definition) is 4. The molecule has 1 atom stereocenters. The summed E-state index contributed by atoms with van der Waals surface area (Å²) >= 11 is 1.97. The Morgan fingerprint density at radius 1 is 1.54 bits per heavy atom. The summed E-state index contributed by atoms with van der Waals surface area (Å²) in [6, 6.07) is 0.304. The second kappa shape index (κ2) is 3.62. The van der Waals surface area contributed by atoms with E-state index in [-0.39, 0.29) is 0 Å². The van der Waals surface area contributed by atoms with E-state index < -0.39 is 0 Å². The molecule has 13 heavy (non-hydrogen) atoms. The molecular formula is C9H14N2OS. The summed E-state index contributed by atoms with van der Waals surface area (Å²) in [5, 5.41) is 0.509. The Morgan fingerprint density at radius 2 is 2.38 bits per heavy atom. The Labute approximate surface area is 82.1 Å². The van der Waals surface area contributed by atoms with E-state index in [2.05, 4.69) is 4.98 Å². The number of aromatic nitrogens is 1. The lowest BCUT2D eigenvalue weighted by Crippen LogP contribution is -2.03. The highest BCUT2D eigenvalue weighted by Gasteiger charge is 2.21. The minimum absolute atomic E-state index is 0.304. The van der Waals surface area contributed by atoms with Crippen LogP contribution in [0.25, 0.3) is 0 Å². The van der Waals surface area contributed by atoms with Gasteiger partial charge in [-0.15, -0.1) is 0 Å². The molecule has 0 bridgehead atoms. The highest BCUT2D eigenvalue weighted by atomic mass is 32.2. The molecule has 0 radical (unpaired) electrons. The normalized spacial score (nSPS) is 23.3. The monoisotopic (exact) mass is 198 g/mol. The van der Waals surface area contributed by atoms with Gasteiger partial charge in [-0.2, -0.15) is 16.7 Å². The first kappa shape index (κ1) is 8.94. The maximum atomic E-state index is 5.50. The number of oxazole rings is 1. The second-order valence-electron chi connectivity index (χ2n) is 3.35. The Kier molecular flexibility index (Phi) is 2.49. The number of rotatable bonds is 1. The molecule has 3 nitrogen and oxygen atoms in total. The lowest BCUT2D eigenvalue weighted by molar-refractivity contribution is 0.542. The molecule has 1 aliphatic rings. The Bertz CT molecular complexity index is 292. The Morgan fingerprint density at radius 3 is 2.92 bits per heavy atom. The third-order valence-electron chi connectivity index (χ3n) is 2.33. The number of nitrogens with two attached hydrogens (primary N) is 1. The van der Waals surface area contributed by atoms with Gasteiger partial charge < -0.3 is 10.2 Å². The molecule has 2 heterocycles. The van der Waals surface area contributed by atoms with E-state index in [4.69, 9.17) is 10.2 Å². The van der Waals surface area contributed by atoms with E-state index in [0.29, 0.717) is 11.3 Å². The van der Waals surface area contributed by atoms with E-state index in [1.54, 1.807) is 0 Å². The Balaban J connectivity index is 2.18. The zero-order valence-electron chi connectivity index (χ0n) is 7.75. The molecule has 1 unspecified atom stereocenters. The lowest BCUT2D eigenvalue weighted by Gasteiger charge is -2.19. The van der Waals surface area contributed by atoms with Crippen molar-refractivity contribution in [1.29, 1.82) is 0 Å². The molecule has 72 valence electrons. The predicted molar refractivity (Wildman–Crippen MR) is 54.7 cm³/mol. The fraction of sp³-hybridized carbons (Fsp3) is 0.667. The minimum atomic E-state index is 0.304. The van der Waals surface area contributed by atoms with Crippen LogP contribution in [-0.4, -0.2) is 10.7 Å². The molecule has 4 heteroatoms. The van der Waals surface area contributed by atoms with Gasteiger partial charge in [0.2, 0.25) is 0 Å². The van der Waals surface area contributed by atoms with Crippen LogP contribution in [0.1, 0.15) is 36.0 Å². The lowest BCUT2D eigenvalue weighted by atomic mass is 10.1. The van der Waals surface area contributed by atoms with Crippen molar-refractivity contribution in [1.82, 2.24) is 4.98 Å². The summed E-state index contributed by atoms with van der Waals surface area (Å²) in [4.78, 5) is 4.22. The SMILES string of the molecule is Cc1oc(N)nc1C1CCCCS1. The average molecular weight is 198 g/mol. The van der Waals surface area contributed by atoms with Gasteiger partial charge in [0.1, 0.15) is 5.76 Å². The van der Waals surface area contributed by atoms with Crippen LogP contribution in [0, 0.1) is 6.92 Å². The van der Waals surface area contributed by atoms with Crippen molar-refractivity contribution in [3.05, 3.63) is 11.5 Å². The summed E-state index contributed by atoms with van der Waals surface area (Å²) in [5.41, 5.74) is 6.56. The number of anilines is 1. The van der Waals surface area contributed by atoms with Crippen molar-refractivity contribution in [3.63, 3.8) is 0 Å². The van der Waals surface area contributed by atoms with Gasteiger partial charge in [0.15, 0.2) is 0 Å². The van der Waals surface area contributed by atoms with Crippen LogP contribution < -0.4 is 5.73 Å². The van der Waals surface area contributed by atoms with Crippen molar-refractivity contribution in [2.75, 3.05) is 11.5 Å². The predicted octanol–water partition coefficient (Wildman–Crippen LogP) is 2.52. The summed E-state index contributed by atoms with van der Waals surface area (Å²) < 4.78 is 5.22. The van der Waals surface area contributed by atoms with E-state index in [1.807, 2.05) is 18.7 Å². The zero-order chi connectivity index (χ0) is 9.26. The summed E-state index contributed by atoms with van der Waals surface area (Å²) in [7, 11) is 0. The first-order valence-electron chi connectivity index (χ1n) is 4.62. The highest BCUT2D eigenvalue weighted by molar-refractivity contribution is 7.99. The number of nitrogen functional groups attached to an aromatic ring is 1. The molecule has 2 rings (SSSR count). The molecule has 0 aliphatic carbocycles. The van der Waals surface area contributed by atoms with Gasteiger partial charge in [-0.3, -0.25) is 0 Å². The van der Waals surface area contributed by atoms with E-state index in [1.165, 1.54) is 25.0 Å². The third kappa shape index (κ3) is 1.82. The van der Waals surface area contributed by atoms with Gasteiger partial charge in [0.25, 0.3) is 6.01 Å². The van der Waals surface area contributed by atoms with Crippen molar-refractivity contribution in [2.24, 2.45) is 0 Å². The van der Waals surface area contributed by atoms with Crippen LogP contribution >= 0.6 is 11.8 Å². The van der Waals surface area contributed by atoms with Crippen LogP contribution in [-0.2, 0) is 0 Å². The van der Waals surface area contributed by atoms with Gasteiger partial charge in [-0.1, -0.05) is 6.42 Å². The molecule has 1 aliphatic heterocycles. The van der Waals surface area contributed by atoms with Gasteiger partial charge in [0, 0.05) is 0 Å². The Hall–Kier alpha value is -0.640. The molecule has 1 fully saturated rings. The quantitative estimate of drug-likeness (QED) is 0.753. The highest BCUT2D eigenvalue weighted by Crippen LogP contribution is 2.39. The standard InChI is InChI=1S/C9H14N2OS/c1-6-8(11-9(10)12-6)7-4-2-3-5-13-7/h7H,2-5H2,1H3,(H2,10,11). The number of nitrogens with zero attached hydrogens (tertiary/aromatic N) is 1. The van der Waals surface area contributed by atoms with Gasteiger partial charge >= 0.3 is 0 Å². The zero-order valence-corrected chi connectivity index (χ0v) is 8.56. The molecule has 1 aromatic rings. The van der Waals surface area contributed by atoms with E-state index in [9.17, 15) is 0 Å². The third-order valence-corrected chi connectivity index (χ3v) is 3.72. The van der Waals surface area contributed by atoms with Crippen LogP contribution in [0.15, 0.2) is 4.42 Å². The molecule has 0 spiro atoms. The second-order valence-corrected chi connectivity index (χ2v) is 4.66. The molecule has 0 saturated carbocycles. The molecule has 1 saturated heterocycles. The van der Waals surface area contributed by atoms with Gasteiger partial charge in [0.05, 0.1) is 10.9 Å². The first-order valence-corrected chi connectivity index (χ1v) is 5.66. The van der Waals surface area contributed by atoms with Crippen LogP contribution in [0.5, 0.6) is 0 Å². The van der Waals surface area contributed by atoms with Crippen molar-refractivity contribution in [2.45, 2.75) is 31.4 Å². The topological polar surface area (TPSA) is 52.0 Å². The maximum absolute atomic E-state index is 5.50. The smallest absolute Gasteiger partial charge is 0.292 e. The summed E-state index contributed by atoms with van der Waals surface area (Å²) in [6.07, 6.45) is 3.83. The molecule has 0 aromatic carbocycles. The van der Waals surface area contributed by atoms with Crippen LogP contribution in [0.2, 0.25) is 0 Å². The number of thioether (sulfide) groups is 1. The fourth-order valence-corrected chi connectivity index (χ4v) is 3.05.